The molecule has 0 saturated carbocycles. The van der Waals surface area contributed by atoms with E-state index in [1.165, 1.54) is 29.2 Å². The zero-order valence-electron chi connectivity index (χ0n) is 20.5. The van der Waals surface area contributed by atoms with Crippen LogP contribution < -0.4 is 16.0 Å². The highest BCUT2D eigenvalue weighted by molar-refractivity contribution is 8.00. The number of rotatable bonds is 9. The van der Waals surface area contributed by atoms with Gasteiger partial charge in [0.1, 0.15) is 5.70 Å². The summed E-state index contributed by atoms with van der Waals surface area (Å²) in [4.78, 5) is 43.4. The predicted octanol–water partition coefficient (Wildman–Crippen LogP) is 6.98. The molecule has 0 radical (unpaired) electrons. The Morgan fingerprint density at radius 2 is 1.72 bits per heavy atom. The molecule has 3 aromatic carbocycles. The third kappa shape index (κ3) is 8.18. The number of carbonyl (C=O) groups excluding carboxylic acids is 3. The second kappa shape index (κ2) is 13.4. The number of anilines is 2. The Hall–Kier alpha value is -3.63. The number of nitrogens with one attached hydrogen (secondary N) is 3. The predicted molar refractivity (Wildman–Crippen MR) is 159 cm³/mol. The van der Waals surface area contributed by atoms with Gasteiger partial charge >= 0.3 is 0 Å². The molecular formula is C28H22Cl2N4O3S2. The zero-order chi connectivity index (χ0) is 27.8. The molecule has 1 atom stereocenters. The number of aromatic nitrogens is 1. The SMILES string of the molecule is CC(Sc1ccc(NC(=O)/C(=C/c2ccc(Cl)cc2Cl)NC(=O)c2ccccc2)cc1)C(=O)Nc1nccs1. The van der Waals surface area contributed by atoms with E-state index in [-0.39, 0.29) is 16.9 Å². The average molecular weight is 598 g/mol. The lowest BCUT2D eigenvalue weighted by Crippen LogP contribution is -2.30. The monoisotopic (exact) mass is 596 g/mol. The zero-order valence-corrected chi connectivity index (χ0v) is 23.6. The summed E-state index contributed by atoms with van der Waals surface area (Å²) in [6, 6.07) is 20.5. The van der Waals surface area contributed by atoms with Gasteiger partial charge in [0.25, 0.3) is 11.8 Å². The molecule has 1 unspecified atom stereocenters. The van der Waals surface area contributed by atoms with Crippen LogP contribution in [-0.4, -0.2) is 28.0 Å². The molecule has 198 valence electrons. The van der Waals surface area contributed by atoms with Crippen LogP contribution in [0.25, 0.3) is 6.08 Å². The van der Waals surface area contributed by atoms with Crippen LogP contribution in [0.5, 0.6) is 0 Å². The highest BCUT2D eigenvalue weighted by Crippen LogP contribution is 2.27. The third-order valence-corrected chi connectivity index (χ3v) is 7.61. The molecule has 1 aromatic heterocycles. The summed E-state index contributed by atoms with van der Waals surface area (Å²) >= 11 is 15.0. The van der Waals surface area contributed by atoms with E-state index >= 15 is 0 Å². The number of hydrogen-bond acceptors (Lipinski definition) is 6. The van der Waals surface area contributed by atoms with Gasteiger partial charge in [0.05, 0.1) is 5.25 Å². The van der Waals surface area contributed by atoms with Crippen LogP contribution in [0, 0.1) is 0 Å². The fraction of sp³-hybridized carbons (Fsp3) is 0.0714. The molecule has 0 bridgehead atoms. The van der Waals surface area contributed by atoms with Gasteiger partial charge in [-0.15, -0.1) is 23.1 Å². The van der Waals surface area contributed by atoms with Gasteiger partial charge in [-0.25, -0.2) is 4.98 Å². The number of amides is 3. The fourth-order valence-electron chi connectivity index (χ4n) is 3.28. The van der Waals surface area contributed by atoms with Crippen LogP contribution in [-0.2, 0) is 9.59 Å². The summed E-state index contributed by atoms with van der Waals surface area (Å²) in [5, 5.41) is 11.0. The van der Waals surface area contributed by atoms with Crippen molar-refractivity contribution in [1.29, 1.82) is 0 Å². The molecule has 11 heteroatoms. The fourth-order valence-corrected chi connectivity index (χ4v) is 5.14. The van der Waals surface area contributed by atoms with Crippen LogP contribution in [0.1, 0.15) is 22.8 Å². The Morgan fingerprint density at radius 3 is 2.38 bits per heavy atom. The molecule has 1 heterocycles. The summed E-state index contributed by atoms with van der Waals surface area (Å²) in [6.45, 7) is 1.80. The highest BCUT2D eigenvalue weighted by atomic mass is 35.5. The first-order chi connectivity index (χ1) is 18.8. The Morgan fingerprint density at radius 1 is 0.974 bits per heavy atom. The van der Waals surface area contributed by atoms with Gasteiger partial charge in [0, 0.05) is 37.8 Å². The minimum atomic E-state index is -0.540. The molecule has 4 rings (SSSR count). The summed E-state index contributed by atoms with van der Waals surface area (Å²) in [5.41, 5.74) is 1.41. The number of thiazole rings is 1. The van der Waals surface area contributed by atoms with Gasteiger partial charge in [-0.3, -0.25) is 14.4 Å². The maximum Gasteiger partial charge on any atom is 0.272 e. The topological polar surface area (TPSA) is 100 Å². The van der Waals surface area contributed by atoms with Crippen LogP contribution >= 0.6 is 46.3 Å². The van der Waals surface area contributed by atoms with E-state index in [9.17, 15) is 14.4 Å². The van der Waals surface area contributed by atoms with Gasteiger partial charge in [0.2, 0.25) is 5.91 Å². The van der Waals surface area contributed by atoms with E-state index in [0.29, 0.717) is 32.0 Å². The Labute approximate surface area is 243 Å². The maximum absolute atomic E-state index is 13.2. The molecule has 7 nitrogen and oxygen atoms in total. The first kappa shape index (κ1) is 28.4. The Balaban J connectivity index is 1.46. The normalized spacial score (nSPS) is 11.9. The molecule has 3 amide bonds. The molecule has 0 spiro atoms. The highest BCUT2D eigenvalue weighted by Gasteiger charge is 2.18. The second-order valence-electron chi connectivity index (χ2n) is 8.11. The van der Waals surface area contributed by atoms with Crippen molar-refractivity contribution in [2.45, 2.75) is 17.1 Å². The summed E-state index contributed by atoms with van der Waals surface area (Å²) in [7, 11) is 0. The molecule has 39 heavy (non-hydrogen) atoms. The van der Waals surface area contributed by atoms with Crippen LogP contribution in [0.15, 0.2) is 95.0 Å². The number of nitrogens with zero attached hydrogens (tertiary/aromatic N) is 1. The van der Waals surface area contributed by atoms with E-state index in [1.54, 1.807) is 91.3 Å². The molecule has 3 N–H and O–H groups in total. The van der Waals surface area contributed by atoms with Crippen molar-refractivity contribution in [3.05, 3.63) is 111 Å². The van der Waals surface area contributed by atoms with Crippen molar-refractivity contribution in [3.8, 4) is 0 Å². The summed E-state index contributed by atoms with van der Waals surface area (Å²) in [6.07, 6.45) is 3.12. The van der Waals surface area contributed by atoms with Crippen molar-refractivity contribution in [3.63, 3.8) is 0 Å². The average Bonchev–Trinajstić information content (AvgIpc) is 3.44. The maximum atomic E-state index is 13.2. The van der Waals surface area contributed by atoms with E-state index in [0.717, 1.165) is 4.90 Å². The quantitative estimate of drug-likeness (QED) is 0.143. The number of hydrogen-bond donors (Lipinski definition) is 3. The minimum Gasteiger partial charge on any atom is -0.321 e. The second-order valence-corrected chi connectivity index (χ2v) is 11.3. The molecule has 0 saturated heterocycles. The van der Waals surface area contributed by atoms with Crippen molar-refractivity contribution < 1.29 is 14.4 Å². The van der Waals surface area contributed by atoms with E-state index in [1.807, 2.05) is 0 Å². The van der Waals surface area contributed by atoms with E-state index in [4.69, 9.17) is 23.2 Å². The van der Waals surface area contributed by atoms with Crippen molar-refractivity contribution in [2.75, 3.05) is 10.6 Å². The van der Waals surface area contributed by atoms with E-state index < -0.39 is 11.8 Å². The molecular weight excluding hydrogens is 575 g/mol. The Kier molecular flexibility index (Phi) is 9.78. The number of carbonyl (C=O) groups is 3. The molecule has 0 aliphatic carbocycles. The molecule has 4 aromatic rings. The van der Waals surface area contributed by atoms with Crippen molar-refractivity contribution in [1.82, 2.24) is 10.3 Å². The van der Waals surface area contributed by atoms with E-state index in [2.05, 4.69) is 20.9 Å². The lowest BCUT2D eigenvalue weighted by Gasteiger charge is -2.13. The first-order valence-electron chi connectivity index (χ1n) is 11.6. The van der Waals surface area contributed by atoms with Crippen molar-refractivity contribution >= 4 is 80.9 Å². The number of benzene rings is 3. The number of thioether (sulfide) groups is 1. The summed E-state index contributed by atoms with van der Waals surface area (Å²) < 4.78 is 0. The van der Waals surface area contributed by atoms with Gasteiger partial charge in [-0.05, 0) is 67.1 Å². The largest absolute Gasteiger partial charge is 0.321 e. The molecule has 0 aliphatic heterocycles. The summed E-state index contributed by atoms with van der Waals surface area (Å²) in [5.74, 6) is -1.14. The standard InChI is InChI=1S/C28H22Cl2N4O3S2/c1-17(25(35)34-28-31-13-14-38-28)39-22-11-9-21(10-12-22)32-27(37)24(15-19-7-8-20(29)16-23(19)30)33-26(36)18-5-3-2-4-6-18/h2-17H,1H3,(H,32,37)(H,33,36)(H,31,34,35)/b24-15-. The van der Waals surface area contributed by atoms with Crippen LogP contribution in [0.2, 0.25) is 10.0 Å². The lowest BCUT2D eigenvalue weighted by molar-refractivity contribution is -0.115. The molecule has 0 fully saturated rings. The smallest absolute Gasteiger partial charge is 0.272 e. The Bertz CT molecular complexity index is 1500. The van der Waals surface area contributed by atoms with Crippen LogP contribution in [0.4, 0.5) is 10.8 Å². The van der Waals surface area contributed by atoms with Gasteiger partial charge in [-0.1, -0.05) is 47.5 Å². The van der Waals surface area contributed by atoms with Crippen LogP contribution in [0.3, 0.4) is 0 Å². The van der Waals surface area contributed by atoms with Gasteiger partial charge in [-0.2, -0.15) is 0 Å². The van der Waals surface area contributed by atoms with Gasteiger partial charge in [0.15, 0.2) is 5.13 Å². The minimum absolute atomic E-state index is 0.000920. The molecule has 0 aliphatic rings. The van der Waals surface area contributed by atoms with Gasteiger partial charge < -0.3 is 16.0 Å². The third-order valence-electron chi connectivity index (χ3n) is 5.25. The van der Waals surface area contributed by atoms with Crippen molar-refractivity contribution in [2.24, 2.45) is 0 Å². The first-order valence-corrected chi connectivity index (χ1v) is 14.1. The number of halogens is 2. The lowest BCUT2D eigenvalue weighted by atomic mass is 10.1.